The van der Waals surface area contributed by atoms with Crippen molar-refractivity contribution in [3.8, 4) is 0 Å². The summed E-state index contributed by atoms with van der Waals surface area (Å²) in [5.41, 5.74) is 1.89. The van der Waals surface area contributed by atoms with E-state index in [1.165, 1.54) is 26.4 Å². The molecule has 0 radical (unpaired) electrons. The lowest BCUT2D eigenvalue weighted by Gasteiger charge is -2.47. The summed E-state index contributed by atoms with van der Waals surface area (Å²) in [6.07, 6.45) is 12.5. The van der Waals surface area contributed by atoms with E-state index < -0.39 is 0 Å². The molecule has 26 heavy (non-hydrogen) atoms. The zero-order valence-corrected chi connectivity index (χ0v) is 17.2. The van der Waals surface area contributed by atoms with E-state index in [9.17, 15) is 9.90 Å². The average molecular weight is 363 g/mol. The van der Waals surface area contributed by atoms with Gasteiger partial charge in [-0.15, -0.1) is 0 Å². The monoisotopic (exact) mass is 362 g/mol. The summed E-state index contributed by atoms with van der Waals surface area (Å²) in [5, 5.41) is 10.1. The maximum Gasteiger partial charge on any atom is 0.308 e. The minimum absolute atomic E-state index is 0.00273. The Morgan fingerprint density at radius 2 is 1.92 bits per heavy atom. The summed E-state index contributed by atoms with van der Waals surface area (Å²) in [4.78, 5) is 12.2. The molecular formula is C23H38O3. The molecule has 3 heteroatoms. The van der Waals surface area contributed by atoms with Crippen LogP contribution in [0.15, 0.2) is 11.6 Å². The van der Waals surface area contributed by atoms with Crippen LogP contribution < -0.4 is 0 Å². The molecule has 2 fully saturated rings. The lowest BCUT2D eigenvalue weighted by molar-refractivity contribution is -0.148. The van der Waals surface area contributed by atoms with Gasteiger partial charge in [0.05, 0.1) is 19.1 Å². The summed E-state index contributed by atoms with van der Waals surface area (Å²) in [5.74, 6) is 2.34. The highest BCUT2D eigenvalue weighted by molar-refractivity contribution is 5.72. The minimum atomic E-state index is -0.111. The predicted molar refractivity (Wildman–Crippen MR) is 105 cm³/mol. The third-order valence-corrected chi connectivity index (χ3v) is 8.16. The number of hydrogen-bond acceptors (Lipinski definition) is 3. The van der Waals surface area contributed by atoms with Crippen molar-refractivity contribution < 1.29 is 14.6 Å². The Bertz CT molecular complexity index is 540. The summed E-state index contributed by atoms with van der Waals surface area (Å²) in [6, 6.07) is 0. The van der Waals surface area contributed by atoms with Crippen LogP contribution in [0.5, 0.6) is 0 Å². The molecular weight excluding hydrogens is 324 g/mol. The topological polar surface area (TPSA) is 46.5 Å². The Kier molecular flexibility index (Phi) is 6.16. The van der Waals surface area contributed by atoms with Crippen molar-refractivity contribution in [1.29, 1.82) is 0 Å². The first kappa shape index (κ1) is 19.9. The predicted octanol–water partition coefficient (Wildman–Crippen LogP) is 5.13. The fraction of sp³-hybridized carbons (Fsp3) is 0.870. The van der Waals surface area contributed by atoms with E-state index in [0.717, 1.165) is 38.5 Å². The molecule has 3 nitrogen and oxygen atoms in total. The SMILES string of the molecule is COC(=O)[C@@H](C)[C@H]1CCC2C3CCCC[C@H](O)CC[C@H](C)C3=CC[C@@]21C. The van der Waals surface area contributed by atoms with E-state index >= 15 is 0 Å². The van der Waals surface area contributed by atoms with Crippen molar-refractivity contribution in [2.75, 3.05) is 7.11 Å². The molecule has 2 unspecified atom stereocenters. The number of methoxy groups -OCH3 is 1. The highest BCUT2D eigenvalue weighted by Gasteiger charge is 2.54. The van der Waals surface area contributed by atoms with Crippen LogP contribution in [-0.4, -0.2) is 24.3 Å². The molecule has 148 valence electrons. The number of esters is 1. The van der Waals surface area contributed by atoms with Crippen LogP contribution >= 0.6 is 0 Å². The van der Waals surface area contributed by atoms with Gasteiger partial charge >= 0.3 is 5.97 Å². The smallest absolute Gasteiger partial charge is 0.308 e. The molecule has 0 aromatic rings. The molecule has 0 bridgehead atoms. The second kappa shape index (κ2) is 8.04. The zero-order chi connectivity index (χ0) is 18.9. The molecule has 0 amide bonds. The van der Waals surface area contributed by atoms with Gasteiger partial charge in [-0.05, 0) is 74.0 Å². The highest BCUT2D eigenvalue weighted by atomic mass is 16.5. The molecule has 3 aliphatic carbocycles. The molecule has 3 aliphatic rings. The van der Waals surface area contributed by atoms with Crippen molar-refractivity contribution in [3.05, 3.63) is 11.6 Å². The molecule has 0 aliphatic heterocycles. The van der Waals surface area contributed by atoms with Crippen molar-refractivity contribution >= 4 is 5.97 Å². The van der Waals surface area contributed by atoms with Gasteiger partial charge < -0.3 is 9.84 Å². The average Bonchev–Trinajstić information content (AvgIpc) is 2.98. The van der Waals surface area contributed by atoms with Crippen molar-refractivity contribution in [1.82, 2.24) is 0 Å². The molecule has 0 aromatic carbocycles. The van der Waals surface area contributed by atoms with Crippen molar-refractivity contribution in [2.24, 2.45) is 35.0 Å². The first-order chi connectivity index (χ1) is 12.4. The zero-order valence-electron chi connectivity index (χ0n) is 17.2. The fourth-order valence-corrected chi connectivity index (χ4v) is 6.58. The number of aliphatic hydroxyl groups is 1. The van der Waals surface area contributed by atoms with E-state index in [2.05, 4.69) is 26.8 Å². The quantitative estimate of drug-likeness (QED) is 0.547. The number of ether oxygens (including phenoxy) is 1. The first-order valence-corrected chi connectivity index (χ1v) is 10.8. The number of fused-ring (bicyclic) bond motifs is 3. The number of aliphatic hydroxyl groups excluding tert-OH is 1. The van der Waals surface area contributed by atoms with E-state index in [0.29, 0.717) is 23.7 Å². The Balaban J connectivity index is 1.85. The molecule has 0 aromatic heterocycles. The van der Waals surface area contributed by atoms with Gasteiger partial charge in [0.15, 0.2) is 0 Å². The third kappa shape index (κ3) is 3.61. The van der Waals surface area contributed by atoms with Gasteiger partial charge in [-0.3, -0.25) is 4.79 Å². The molecule has 0 saturated heterocycles. The Hall–Kier alpha value is -0.830. The number of carbonyl (C=O) groups excluding carboxylic acids is 1. The second-order valence-corrected chi connectivity index (χ2v) is 9.54. The fourth-order valence-electron chi connectivity index (χ4n) is 6.58. The largest absolute Gasteiger partial charge is 0.469 e. The number of allylic oxidation sites excluding steroid dienone is 2. The van der Waals surface area contributed by atoms with Gasteiger partial charge in [-0.25, -0.2) is 0 Å². The van der Waals surface area contributed by atoms with Crippen LogP contribution in [-0.2, 0) is 9.53 Å². The van der Waals surface area contributed by atoms with Gasteiger partial charge in [0.2, 0.25) is 0 Å². The van der Waals surface area contributed by atoms with E-state index in [4.69, 9.17) is 4.74 Å². The molecule has 7 atom stereocenters. The lowest BCUT2D eigenvalue weighted by atomic mass is 9.57. The number of carbonyl (C=O) groups is 1. The first-order valence-electron chi connectivity index (χ1n) is 10.8. The molecule has 1 N–H and O–H groups in total. The summed E-state index contributed by atoms with van der Waals surface area (Å²) < 4.78 is 5.07. The maximum atomic E-state index is 12.2. The highest BCUT2D eigenvalue weighted by Crippen LogP contribution is 2.61. The second-order valence-electron chi connectivity index (χ2n) is 9.54. The molecule has 2 saturated carbocycles. The molecule has 0 spiro atoms. The van der Waals surface area contributed by atoms with Crippen molar-refractivity contribution in [2.45, 2.75) is 84.7 Å². The van der Waals surface area contributed by atoms with Crippen LogP contribution in [0.4, 0.5) is 0 Å². The van der Waals surface area contributed by atoms with Gasteiger partial charge in [-0.2, -0.15) is 0 Å². The summed E-state index contributed by atoms with van der Waals surface area (Å²) in [6.45, 7) is 6.87. The Morgan fingerprint density at radius 3 is 2.65 bits per heavy atom. The van der Waals surface area contributed by atoms with Crippen LogP contribution in [0.2, 0.25) is 0 Å². The van der Waals surface area contributed by atoms with Gasteiger partial charge in [-0.1, -0.05) is 45.3 Å². The Morgan fingerprint density at radius 1 is 1.19 bits per heavy atom. The standard InChI is InChI=1S/C23H38O3/c1-15-9-10-17(24)7-5-6-8-19-18(15)13-14-23(3)20(11-12-21(19)23)16(2)22(25)26-4/h13,15-17,19-21,24H,5-12,14H2,1-4H3/t15-,16-,17-,19?,20+,21?,23+/m0/s1. The molecule has 3 rings (SSSR count). The van der Waals surface area contributed by atoms with Crippen LogP contribution in [0.3, 0.4) is 0 Å². The maximum absolute atomic E-state index is 12.2. The van der Waals surface area contributed by atoms with Crippen LogP contribution in [0.1, 0.15) is 78.6 Å². The Labute approximate surface area is 159 Å². The minimum Gasteiger partial charge on any atom is -0.469 e. The normalized spacial score (nSPS) is 42.2. The van der Waals surface area contributed by atoms with E-state index in [1.807, 2.05) is 0 Å². The van der Waals surface area contributed by atoms with Gasteiger partial charge in [0.25, 0.3) is 0 Å². The van der Waals surface area contributed by atoms with Crippen LogP contribution in [0, 0.1) is 35.0 Å². The van der Waals surface area contributed by atoms with Gasteiger partial charge in [0, 0.05) is 0 Å². The van der Waals surface area contributed by atoms with Crippen LogP contribution in [0.25, 0.3) is 0 Å². The summed E-state index contributed by atoms with van der Waals surface area (Å²) >= 11 is 0. The van der Waals surface area contributed by atoms with Gasteiger partial charge in [0.1, 0.15) is 0 Å². The third-order valence-electron chi connectivity index (χ3n) is 8.16. The summed E-state index contributed by atoms with van der Waals surface area (Å²) in [7, 11) is 1.52. The number of rotatable bonds is 2. The number of hydrogen-bond donors (Lipinski definition) is 1. The van der Waals surface area contributed by atoms with E-state index in [1.54, 1.807) is 5.57 Å². The lowest BCUT2D eigenvalue weighted by Crippen LogP contribution is -2.41. The van der Waals surface area contributed by atoms with Crippen molar-refractivity contribution in [3.63, 3.8) is 0 Å². The molecule has 0 heterocycles. The van der Waals surface area contributed by atoms with E-state index in [-0.39, 0.29) is 23.4 Å².